The van der Waals surface area contributed by atoms with E-state index in [-0.39, 0.29) is 5.91 Å². The van der Waals surface area contributed by atoms with E-state index in [1.165, 1.54) is 7.11 Å². The van der Waals surface area contributed by atoms with Gasteiger partial charge in [0.1, 0.15) is 0 Å². The van der Waals surface area contributed by atoms with Crippen molar-refractivity contribution in [3.8, 4) is 28.4 Å². The van der Waals surface area contributed by atoms with Crippen LogP contribution in [0.2, 0.25) is 0 Å². The topological polar surface area (TPSA) is 65.4 Å². The van der Waals surface area contributed by atoms with E-state index in [4.69, 9.17) is 14.6 Å². The van der Waals surface area contributed by atoms with Gasteiger partial charge in [-0.1, -0.05) is 54.6 Å². The van der Waals surface area contributed by atoms with Gasteiger partial charge in [0, 0.05) is 23.9 Å². The van der Waals surface area contributed by atoms with E-state index in [2.05, 4.69) is 5.32 Å². The summed E-state index contributed by atoms with van der Waals surface area (Å²) < 4.78 is 12.5. The van der Waals surface area contributed by atoms with Crippen LogP contribution in [0.15, 0.2) is 85.1 Å². The summed E-state index contributed by atoms with van der Waals surface area (Å²) in [6.45, 7) is 0.316. The molecule has 4 rings (SSSR count). The Morgan fingerprint density at radius 2 is 1.61 bits per heavy atom. The quantitative estimate of drug-likeness (QED) is 0.485. The lowest BCUT2D eigenvalue weighted by atomic mass is 10.1. The molecule has 1 heterocycles. The Bertz CT molecular complexity index is 1170. The summed E-state index contributed by atoms with van der Waals surface area (Å²) in [4.78, 5) is 12.9. The Hall–Kier alpha value is -4.06. The fourth-order valence-corrected chi connectivity index (χ4v) is 3.43. The number of nitrogens with zero attached hydrogens (tertiary/aromatic N) is 2. The molecule has 156 valence electrons. The molecule has 0 saturated carbocycles. The summed E-state index contributed by atoms with van der Waals surface area (Å²) in [6.07, 6.45) is 1.95. The second-order valence-electron chi connectivity index (χ2n) is 6.87. The van der Waals surface area contributed by atoms with Crippen LogP contribution in [0.1, 0.15) is 15.9 Å². The molecule has 0 radical (unpaired) electrons. The summed E-state index contributed by atoms with van der Waals surface area (Å²) in [5.74, 6) is 0.671. The number of hydrogen-bond acceptors (Lipinski definition) is 4. The molecule has 0 spiro atoms. The number of para-hydroxylation sites is 2. The zero-order chi connectivity index (χ0) is 21.6. The highest BCUT2D eigenvalue weighted by molar-refractivity contribution is 5.97. The Balaban J connectivity index is 1.64. The van der Waals surface area contributed by atoms with Gasteiger partial charge in [0.25, 0.3) is 5.91 Å². The Labute approximate surface area is 181 Å². The number of aromatic nitrogens is 2. The van der Waals surface area contributed by atoms with Gasteiger partial charge in [0.05, 0.1) is 31.2 Å². The highest BCUT2D eigenvalue weighted by atomic mass is 16.5. The van der Waals surface area contributed by atoms with Crippen molar-refractivity contribution in [2.24, 2.45) is 0 Å². The molecular weight excluding hydrogens is 390 g/mol. The predicted octanol–water partition coefficient (Wildman–Crippen LogP) is 4.49. The number of carbonyl (C=O) groups excluding carboxylic acids is 1. The molecule has 6 heteroatoms. The minimum Gasteiger partial charge on any atom is -0.493 e. The van der Waals surface area contributed by atoms with Gasteiger partial charge in [-0.05, 0) is 24.3 Å². The number of rotatable bonds is 7. The number of hydrogen-bond donors (Lipinski definition) is 1. The molecule has 1 amide bonds. The summed E-state index contributed by atoms with van der Waals surface area (Å²) in [6, 6.07) is 25.0. The molecule has 0 saturated heterocycles. The van der Waals surface area contributed by atoms with Gasteiger partial charge >= 0.3 is 0 Å². The monoisotopic (exact) mass is 413 g/mol. The molecule has 31 heavy (non-hydrogen) atoms. The van der Waals surface area contributed by atoms with Gasteiger partial charge in [0.2, 0.25) is 0 Å². The van der Waals surface area contributed by atoms with E-state index in [1.54, 1.807) is 25.3 Å². The summed E-state index contributed by atoms with van der Waals surface area (Å²) >= 11 is 0. The second kappa shape index (κ2) is 9.17. The first kappa shape index (κ1) is 20.2. The van der Waals surface area contributed by atoms with Crippen LogP contribution < -0.4 is 14.8 Å². The van der Waals surface area contributed by atoms with Crippen LogP contribution >= 0.6 is 0 Å². The Morgan fingerprint density at radius 3 is 2.29 bits per heavy atom. The van der Waals surface area contributed by atoms with Crippen LogP contribution in [0.5, 0.6) is 11.5 Å². The molecule has 4 aromatic rings. The first-order valence-electron chi connectivity index (χ1n) is 9.90. The fourth-order valence-electron chi connectivity index (χ4n) is 3.43. The molecule has 6 nitrogen and oxygen atoms in total. The van der Waals surface area contributed by atoms with Crippen molar-refractivity contribution in [2.45, 2.75) is 6.54 Å². The average molecular weight is 413 g/mol. The minimum absolute atomic E-state index is 0.248. The minimum atomic E-state index is -0.248. The van der Waals surface area contributed by atoms with Crippen molar-refractivity contribution in [1.82, 2.24) is 15.1 Å². The average Bonchev–Trinajstić information content (AvgIpc) is 3.27. The number of carbonyl (C=O) groups is 1. The summed E-state index contributed by atoms with van der Waals surface area (Å²) in [7, 11) is 3.07. The molecule has 0 aliphatic carbocycles. The maximum atomic E-state index is 12.9. The third-order valence-electron chi connectivity index (χ3n) is 4.94. The van der Waals surface area contributed by atoms with Crippen LogP contribution in [-0.4, -0.2) is 29.9 Å². The molecule has 1 N–H and O–H groups in total. The summed E-state index contributed by atoms with van der Waals surface area (Å²) in [5, 5.41) is 7.77. The first-order chi connectivity index (χ1) is 15.2. The van der Waals surface area contributed by atoms with Crippen molar-refractivity contribution in [3.05, 3.63) is 96.2 Å². The molecule has 3 aromatic carbocycles. The van der Waals surface area contributed by atoms with Crippen LogP contribution in [0, 0.1) is 0 Å². The second-order valence-corrected chi connectivity index (χ2v) is 6.87. The van der Waals surface area contributed by atoms with Gasteiger partial charge < -0.3 is 14.8 Å². The van der Waals surface area contributed by atoms with Crippen LogP contribution in [0.25, 0.3) is 16.9 Å². The van der Waals surface area contributed by atoms with E-state index in [0.717, 1.165) is 22.5 Å². The lowest BCUT2D eigenvalue weighted by Gasteiger charge is -2.12. The van der Waals surface area contributed by atoms with Crippen molar-refractivity contribution in [1.29, 1.82) is 0 Å². The molecule has 0 atom stereocenters. The Kier molecular flexibility index (Phi) is 5.98. The number of benzene rings is 3. The normalized spacial score (nSPS) is 10.5. The fraction of sp³-hybridized carbons (Fsp3) is 0.120. The van der Waals surface area contributed by atoms with Gasteiger partial charge in [-0.15, -0.1) is 0 Å². The van der Waals surface area contributed by atoms with E-state index >= 15 is 0 Å². The maximum absolute atomic E-state index is 12.9. The van der Waals surface area contributed by atoms with E-state index in [0.29, 0.717) is 23.6 Å². The van der Waals surface area contributed by atoms with Gasteiger partial charge in [-0.2, -0.15) is 5.10 Å². The van der Waals surface area contributed by atoms with Gasteiger partial charge in [-0.3, -0.25) is 4.79 Å². The van der Waals surface area contributed by atoms with Crippen molar-refractivity contribution < 1.29 is 14.3 Å². The first-order valence-corrected chi connectivity index (χ1v) is 9.90. The highest BCUT2D eigenvalue weighted by Crippen LogP contribution is 2.31. The van der Waals surface area contributed by atoms with Crippen molar-refractivity contribution >= 4 is 5.91 Å². The van der Waals surface area contributed by atoms with E-state index in [1.807, 2.05) is 71.5 Å². The van der Waals surface area contributed by atoms with Crippen LogP contribution in [0.4, 0.5) is 0 Å². The van der Waals surface area contributed by atoms with Crippen molar-refractivity contribution in [3.63, 3.8) is 0 Å². The van der Waals surface area contributed by atoms with Crippen LogP contribution in [-0.2, 0) is 6.54 Å². The zero-order valence-electron chi connectivity index (χ0n) is 17.4. The third kappa shape index (κ3) is 4.28. The molecule has 0 aliphatic heterocycles. The smallest absolute Gasteiger partial charge is 0.255 e. The molecule has 0 bridgehead atoms. The zero-order valence-corrected chi connectivity index (χ0v) is 17.4. The summed E-state index contributed by atoms with van der Waals surface area (Å²) in [5.41, 5.74) is 4.08. The molecule has 0 aliphatic rings. The lowest BCUT2D eigenvalue weighted by molar-refractivity contribution is 0.0947. The third-order valence-corrected chi connectivity index (χ3v) is 4.94. The predicted molar refractivity (Wildman–Crippen MR) is 120 cm³/mol. The molecule has 0 fully saturated rings. The number of amides is 1. The number of methoxy groups -OCH3 is 2. The van der Waals surface area contributed by atoms with Gasteiger partial charge in [0.15, 0.2) is 11.5 Å². The van der Waals surface area contributed by atoms with Crippen molar-refractivity contribution in [2.75, 3.05) is 14.2 Å². The highest BCUT2D eigenvalue weighted by Gasteiger charge is 2.18. The molecule has 0 unspecified atom stereocenters. The van der Waals surface area contributed by atoms with Gasteiger partial charge in [-0.25, -0.2) is 4.68 Å². The SMILES string of the molecule is COc1cccc(C(=O)NCc2cn(-c3ccccc3)nc2-c2ccccc2)c1OC. The van der Waals surface area contributed by atoms with Crippen LogP contribution in [0.3, 0.4) is 0 Å². The van der Waals surface area contributed by atoms with E-state index in [9.17, 15) is 4.79 Å². The Morgan fingerprint density at radius 1 is 0.903 bits per heavy atom. The molecule has 1 aromatic heterocycles. The molecular formula is C25H23N3O3. The largest absolute Gasteiger partial charge is 0.493 e. The number of ether oxygens (including phenoxy) is 2. The lowest BCUT2D eigenvalue weighted by Crippen LogP contribution is -2.23. The van der Waals surface area contributed by atoms with E-state index < -0.39 is 0 Å². The maximum Gasteiger partial charge on any atom is 0.255 e. The number of nitrogens with one attached hydrogen (secondary N) is 1. The standard InChI is InChI=1S/C25H23N3O3/c1-30-22-15-9-14-21(24(22)31-2)25(29)26-16-19-17-28(20-12-7-4-8-13-20)27-23(19)18-10-5-3-6-11-18/h3-15,17H,16H2,1-2H3,(H,26,29).